The fourth-order valence-electron chi connectivity index (χ4n) is 4.19. The van der Waals surface area contributed by atoms with Gasteiger partial charge >= 0.3 is 0 Å². The molecule has 0 unspecified atom stereocenters. The van der Waals surface area contributed by atoms with Crippen molar-refractivity contribution in [3.05, 3.63) is 49.1 Å². The van der Waals surface area contributed by atoms with E-state index in [0.717, 1.165) is 6.54 Å². The van der Waals surface area contributed by atoms with E-state index in [1.165, 1.54) is 114 Å². The van der Waals surface area contributed by atoms with Crippen LogP contribution in [-0.2, 0) is 6.54 Å². The molecule has 0 aromatic carbocycles. The van der Waals surface area contributed by atoms with Crippen LogP contribution < -0.4 is 37.2 Å². The number of hydrogen-bond donors (Lipinski definition) is 1. The van der Waals surface area contributed by atoms with Crippen molar-refractivity contribution in [3.8, 4) is 11.1 Å². The molecule has 0 saturated carbocycles. The largest absolute Gasteiger partial charge is 0.265 e. The first-order valence-corrected chi connectivity index (χ1v) is 16.5. The summed E-state index contributed by atoms with van der Waals surface area (Å²) in [7, 11) is -9.64. The predicted molar refractivity (Wildman–Crippen MR) is 132 cm³/mol. The second kappa shape index (κ2) is 24.2. The van der Waals surface area contributed by atoms with Crippen molar-refractivity contribution in [2.75, 3.05) is 0 Å². The molecule has 12 heteroatoms. The Balaban J connectivity index is 0.00000130. The lowest BCUT2D eigenvalue weighted by Crippen LogP contribution is -2.68. The van der Waals surface area contributed by atoms with Crippen LogP contribution in [0.2, 0.25) is 0 Å². The summed E-state index contributed by atoms with van der Waals surface area (Å²) in [5.74, 6) is 0. The van der Waals surface area contributed by atoms with Crippen LogP contribution in [0.4, 0.5) is 0 Å². The molecule has 0 amide bonds. The monoisotopic (exact) mass is 608 g/mol. The number of nitrogens with zero attached hydrogens (tertiary/aromatic N) is 2. The number of unbranched alkanes of at least 4 members (excludes halogenated alkanes) is 15. The summed E-state index contributed by atoms with van der Waals surface area (Å²) in [6.07, 6.45) is 31.0. The lowest BCUT2D eigenvalue weighted by atomic mass is 10.0. The smallest absolute Gasteiger partial charge is 0.169 e. The molecule has 0 aliphatic heterocycles. The Bertz CT molecular complexity index is 796. The number of pyridine rings is 2. The van der Waals surface area contributed by atoms with Crippen LogP contribution in [-0.4, -0.2) is 9.64 Å². The average Bonchev–Trinajstić information content (AvgIpc) is 2.87. The van der Waals surface area contributed by atoms with Gasteiger partial charge in [0.2, 0.25) is 0 Å². The summed E-state index contributed by atoms with van der Waals surface area (Å²) in [4.78, 5) is 4.09. The second-order valence-corrected chi connectivity index (χ2v) is 11.2. The molecule has 1 N–H and O–H groups in total. The minimum Gasteiger partial charge on any atom is -0.265 e. The van der Waals surface area contributed by atoms with Gasteiger partial charge in [-0.05, 0) is 29.7 Å². The van der Waals surface area contributed by atoms with Crippen molar-refractivity contribution in [3.63, 3.8) is 0 Å². The SMILES string of the molecule is CCCCCCCCCCCCCCCCCC[n+]1ccc(-c2ccncc2)cc1.[O-][Cl+3]([O-])([O-])O.[O-][Cl+3]([O-])([O-])[O-]. The van der Waals surface area contributed by atoms with Crippen LogP contribution in [0.3, 0.4) is 0 Å². The van der Waals surface area contributed by atoms with Crippen LogP contribution in [0.15, 0.2) is 49.1 Å². The van der Waals surface area contributed by atoms with Crippen LogP contribution in [0, 0.1) is 20.5 Å². The van der Waals surface area contributed by atoms with Gasteiger partial charge in [0.05, 0.1) is 14.9 Å². The highest BCUT2D eigenvalue weighted by atomic mass is 35.7. The third kappa shape index (κ3) is 31.1. The Kier molecular flexibility index (Phi) is 23.3. The summed E-state index contributed by atoms with van der Waals surface area (Å²) in [5.41, 5.74) is 2.50. The minimum absolute atomic E-state index is 1.13. The Morgan fingerprint density at radius 3 is 1.23 bits per heavy atom. The van der Waals surface area contributed by atoms with E-state index in [1.807, 2.05) is 12.4 Å². The van der Waals surface area contributed by atoms with Crippen molar-refractivity contribution in [2.45, 2.75) is 116 Å². The maximum Gasteiger partial charge on any atom is 0.169 e. The molecule has 2 rings (SSSR count). The third-order valence-electron chi connectivity index (χ3n) is 6.17. The molecule has 0 fully saturated rings. The molecule has 0 radical (unpaired) electrons. The van der Waals surface area contributed by atoms with Crippen LogP contribution >= 0.6 is 0 Å². The quantitative estimate of drug-likeness (QED) is 0.170. The molecule has 0 aliphatic rings. The molecule has 0 bridgehead atoms. The van der Waals surface area contributed by atoms with E-state index in [4.69, 9.17) is 37.3 Å². The fraction of sp³-hybridized carbons (Fsp3) is 0.643. The normalized spacial score (nSPS) is 11.3. The molecule has 0 saturated heterocycles. The highest BCUT2D eigenvalue weighted by Crippen LogP contribution is 2.16. The number of rotatable bonds is 18. The Hall–Kier alpha value is -1.44. The number of aromatic nitrogens is 2. The molecular formula is C28H46Cl2N2O8. The molecule has 0 spiro atoms. The Morgan fingerprint density at radius 1 is 0.575 bits per heavy atom. The maximum absolute atomic E-state index is 8.60. The van der Waals surface area contributed by atoms with Crippen molar-refractivity contribution in [1.82, 2.24) is 4.98 Å². The highest BCUT2D eigenvalue weighted by Gasteiger charge is 2.03. The molecule has 2 aromatic rings. The van der Waals surface area contributed by atoms with Crippen molar-refractivity contribution in [2.24, 2.45) is 0 Å². The lowest BCUT2D eigenvalue weighted by Gasteiger charge is -2.17. The van der Waals surface area contributed by atoms with Gasteiger partial charge in [-0.15, -0.1) is 10.2 Å². The van der Waals surface area contributed by atoms with Crippen molar-refractivity contribution >= 4 is 0 Å². The van der Waals surface area contributed by atoms with E-state index in [2.05, 4.69) is 53.1 Å². The summed E-state index contributed by atoms with van der Waals surface area (Å²) < 4.78 is 69.0. The van der Waals surface area contributed by atoms with E-state index in [9.17, 15) is 0 Å². The first-order chi connectivity index (χ1) is 18.9. The molecule has 10 nitrogen and oxygen atoms in total. The van der Waals surface area contributed by atoms with Gasteiger partial charge in [0.25, 0.3) is 0 Å². The Morgan fingerprint density at radius 2 is 0.875 bits per heavy atom. The van der Waals surface area contributed by atoms with E-state index < -0.39 is 20.5 Å². The maximum atomic E-state index is 8.60. The van der Waals surface area contributed by atoms with Gasteiger partial charge in [-0.2, -0.15) is 14.0 Å². The topological polar surface area (TPSA) is 198 Å². The number of aryl methyl sites for hydroxylation is 1. The van der Waals surface area contributed by atoms with E-state index in [1.54, 1.807) is 0 Å². The molecule has 40 heavy (non-hydrogen) atoms. The molecule has 2 aromatic heterocycles. The van der Waals surface area contributed by atoms with E-state index >= 15 is 0 Å². The second-order valence-electron chi connectivity index (χ2n) is 9.64. The van der Waals surface area contributed by atoms with E-state index in [0.29, 0.717) is 0 Å². The standard InChI is InChI=1S/C28H45N2.2ClHO4/c1-2-3-4-5-6-7-8-9-10-11-12-13-14-15-16-17-24-30-25-20-28(21-26-30)27-18-22-29-23-19-27;2*2-1(3,4)5/h18-23,25-26H,2-17,24H2,1H3;2*(H,2,3,4,5)/q+1;;/p-1. The van der Waals surface area contributed by atoms with Crippen molar-refractivity contribution < 1.29 is 62.3 Å². The third-order valence-corrected chi connectivity index (χ3v) is 6.17. The first-order valence-electron chi connectivity index (χ1n) is 14.0. The Labute approximate surface area is 243 Å². The zero-order valence-electron chi connectivity index (χ0n) is 23.6. The number of hydrogen-bond acceptors (Lipinski definition) is 9. The fourth-order valence-corrected chi connectivity index (χ4v) is 4.19. The zero-order valence-corrected chi connectivity index (χ0v) is 25.1. The van der Waals surface area contributed by atoms with Crippen LogP contribution in [0.25, 0.3) is 11.1 Å². The van der Waals surface area contributed by atoms with Gasteiger partial charge in [0, 0.05) is 30.9 Å². The summed E-state index contributed by atoms with van der Waals surface area (Å²) in [6.45, 7) is 3.43. The summed E-state index contributed by atoms with van der Waals surface area (Å²) in [5, 5.41) is 0. The van der Waals surface area contributed by atoms with Gasteiger partial charge in [0.1, 0.15) is 6.54 Å². The molecule has 0 atom stereocenters. The van der Waals surface area contributed by atoms with Gasteiger partial charge in [0.15, 0.2) is 12.4 Å². The molecule has 2 heterocycles. The zero-order chi connectivity index (χ0) is 30.1. The highest BCUT2D eigenvalue weighted by molar-refractivity contribution is 5.61. The molecule has 230 valence electrons. The summed E-state index contributed by atoms with van der Waals surface area (Å²) >= 11 is 0. The molecule has 0 aliphatic carbocycles. The minimum atomic E-state index is -4.94. The van der Waals surface area contributed by atoms with Gasteiger partial charge in [-0.3, -0.25) is 4.98 Å². The van der Waals surface area contributed by atoms with E-state index in [-0.39, 0.29) is 0 Å². The van der Waals surface area contributed by atoms with Crippen LogP contribution in [0.1, 0.15) is 110 Å². The average molecular weight is 610 g/mol. The predicted octanol–water partition coefficient (Wildman–Crippen LogP) is -0.582. The van der Waals surface area contributed by atoms with Gasteiger partial charge in [-0.1, -0.05) is 96.8 Å². The van der Waals surface area contributed by atoms with Gasteiger partial charge < -0.3 is 0 Å². The van der Waals surface area contributed by atoms with Crippen LogP contribution in [0.5, 0.6) is 0 Å². The van der Waals surface area contributed by atoms with Gasteiger partial charge in [-0.25, -0.2) is 23.2 Å². The lowest BCUT2D eigenvalue weighted by molar-refractivity contribution is -2.00. The first kappa shape index (κ1) is 38.6. The number of halogens is 2. The summed E-state index contributed by atoms with van der Waals surface area (Å²) in [6, 6.07) is 8.55. The van der Waals surface area contributed by atoms with Crippen molar-refractivity contribution in [1.29, 1.82) is 0 Å². The molecular weight excluding hydrogens is 563 g/mol.